The number of nitrogens with zero attached hydrogens (tertiary/aromatic N) is 2. The predicted octanol–water partition coefficient (Wildman–Crippen LogP) is 2.70. The van der Waals surface area contributed by atoms with Gasteiger partial charge in [0.15, 0.2) is 0 Å². The average molecular weight is 285 g/mol. The van der Waals surface area contributed by atoms with E-state index < -0.39 is 0 Å². The van der Waals surface area contributed by atoms with Crippen molar-refractivity contribution in [2.45, 2.75) is 11.8 Å². The normalized spacial score (nSPS) is 26.2. The van der Waals surface area contributed by atoms with Gasteiger partial charge in [-0.1, -0.05) is 12.1 Å². The molecule has 2 aromatic rings. The molecule has 4 heteroatoms. The van der Waals surface area contributed by atoms with Crippen LogP contribution in [0, 0.1) is 18.8 Å². The lowest BCUT2D eigenvalue weighted by molar-refractivity contribution is 0.521. The Morgan fingerprint density at radius 3 is 2.80 bits per heavy atom. The Balaban J connectivity index is 1.63. The molecule has 2 fully saturated rings. The second-order valence-corrected chi connectivity index (χ2v) is 7.07. The summed E-state index contributed by atoms with van der Waals surface area (Å²) in [6.45, 7) is 6.97. The van der Waals surface area contributed by atoms with Crippen molar-refractivity contribution in [2.24, 2.45) is 11.8 Å². The number of aromatic nitrogens is 1. The van der Waals surface area contributed by atoms with Gasteiger partial charge in [0.05, 0.1) is 0 Å². The molecule has 2 unspecified atom stereocenters. The zero-order valence-corrected chi connectivity index (χ0v) is 12.5. The second kappa shape index (κ2) is 5.02. The topological polar surface area (TPSA) is 28.2 Å². The molecule has 4 rings (SSSR count). The maximum absolute atomic E-state index is 4.30. The third-order valence-electron chi connectivity index (χ3n) is 4.52. The first kappa shape index (κ1) is 12.6. The van der Waals surface area contributed by atoms with E-state index in [0.29, 0.717) is 0 Å². The number of benzene rings is 1. The van der Waals surface area contributed by atoms with Crippen LogP contribution in [-0.2, 0) is 0 Å². The van der Waals surface area contributed by atoms with Gasteiger partial charge in [-0.2, -0.15) is 0 Å². The standard InChI is InChI=1S/C16H19N3S/c1-11-5-17-6-12-3-2-4-15(16(11)12)20-19-9-13-7-18-8-14(13)10-19/h2-6,13-14,18H,7-10H2,1H3. The van der Waals surface area contributed by atoms with Gasteiger partial charge in [-0.3, -0.25) is 4.98 Å². The Labute approximate surface area is 123 Å². The molecule has 1 aromatic heterocycles. The number of hydrogen-bond donors (Lipinski definition) is 1. The molecule has 1 N–H and O–H groups in total. The maximum Gasteiger partial charge on any atom is 0.0346 e. The van der Waals surface area contributed by atoms with Crippen LogP contribution >= 0.6 is 11.9 Å². The molecule has 0 saturated carbocycles. The molecule has 3 heterocycles. The molecule has 0 bridgehead atoms. The van der Waals surface area contributed by atoms with E-state index in [4.69, 9.17) is 0 Å². The Morgan fingerprint density at radius 2 is 2.00 bits per heavy atom. The Kier molecular flexibility index (Phi) is 3.17. The van der Waals surface area contributed by atoms with Gasteiger partial charge in [-0.15, -0.1) is 0 Å². The highest BCUT2D eigenvalue weighted by molar-refractivity contribution is 7.97. The van der Waals surface area contributed by atoms with Crippen LogP contribution in [0.1, 0.15) is 5.56 Å². The Bertz CT molecular complexity index is 625. The summed E-state index contributed by atoms with van der Waals surface area (Å²) in [7, 11) is 0. The van der Waals surface area contributed by atoms with Crippen LogP contribution in [0.5, 0.6) is 0 Å². The first-order valence-corrected chi connectivity index (χ1v) is 8.05. The van der Waals surface area contributed by atoms with E-state index in [0.717, 1.165) is 11.8 Å². The largest absolute Gasteiger partial charge is 0.316 e. The van der Waals surface area contributed by atoms with E-state index in [2.05, 4.69) is 39.7 Å². The van der Waals surface area contributed by atoms with E-state index in [1.165, 1.54) is 47.4 Å². The number of fused-ring (bicyclic) bond motifs is 2. The minimum Gasteiger partial charge on any atom is -0.316 e. The van der Waals surface area contributed by atoms with Gasteiger partial charge in [0.25, 0.3) is 0 Å². The molecule has 0 spiro atoms. The Morgan fingerprint density at radius 1 is 1.20 bits per heavy atom. The molecular formula is C16H19N3S. The fourth-order valence-corrected chi connectivity index (χ4v) is 4.79. The monoisotopic (exact) mass is 285 g/mol. The number of aryl methyl sites for hydroxylation is 1. The summed E-state index contributed by atoms with van der Waals surface area (Å²) in [5, 5.41) is 6.11. The predicted molar refractivity (Wildman–Crippen MR) is 83.8 cm³/mol. The molecule has 0 aliphatic carbocycles. The van der Waals surface area contributed by atoms with Gasteiger partial charge in [-0.25, -0.2) is 4.31 Å². The third kappa shape index (κ3) is 2.12. The molecule has 1 aromatic carbocycles. The number of hydrogen-bond acceptors (Lipinski definition) is 4. The van der Waals surface area contributed by atoms with E-state index in [1.807, 2.05) is 24.3 Å². The van der Waals surface area contributed by atoms with Gasteiger partial charge in [0.2, 0.25) is 0 Å². The molecule has 20 heavy (non-hydrogen) atoms. The second-order valence-electron chi connectivity index (χ2n) is 5.93. The van der Waals surface area contributed by atoms with Crippen LogP contribution in [0.25, 0.3) is 10.8 Å². The van der Waals surface area contributed by atoms with Crippen molar-refractivity contribution >= 4 is 22.7 Å². The SMILES string of the molecule is Cc1cncc2cccc(SN3CC4CNCC4C3)c12. The van der Waals surface area contributed by atoms with Gasteiger partial charge in [-0.05, 0) is 55.4 Å². The molecule has 2 aliphatic heterocycles. The summed E-state index contributed by atoms with van der Waals surface area (Å²) in [4.78, 5) is 5.67. The fraction of sp³-hybridized carbons (Fsp3) is 0.438. The maximum atomic E-state index is 4.30. The van der Waals surface area contributed by atoms with Crippen molar-refractivity contribution in [1.29, 1.82) is 0 Å². The average Bonchev–Trinajstić information content (AvgIpc) is 3.00. The van der Waals surface area contributed by atoms with Crippen LogP contribution in [0.3, 0.4) is 0 Å². The molecule has 0 amide bonds. The molecular weight excluding hydrogens is 266 g/mol. The summed E-state index contributed by atoms with van der Waals surface area (Å²) in [5.74, 6) is 1.69. The van der Waals surface area contributed by atoms with Crippen LogP contribution in [0.4, 0.5) is 0 Å². The molecule has 3 nitrogen and oxygen atoms in total. The lowest BCUT2D eigenvalue weighted by atomic mass is 10.0. The van der Waals surface area contributed by atoms with Crippen molar-refractivity contribution < 1.29 is 0 Å². The van der Waals surface area contributed by atoms with Crippen LogP contribution in [-0.4, -0.2) is 35.5 Å². The van der Waals surface area contributed by atoms with E-state index in [1.54, 1.807) is 0 Å². The molecule has 2 atom stereocenters. The zero-order valence-electron chi connectivity index (χ0n) is 11.7. The lowest BCUT2D eigenvalue weighted by Gasteiger charge is -2.17. The lowest BCUT2D eigenvalue weighted by Crippen LogP contribution is -2.20. The Hall–Kier alpha value is -1.10. The summed E-state index contributed by atoms with van der Waals surface area (Å²) in [6, 6.07) is 6.54. The fourth-order valence-electron chi connectivity index (χ4n) is 3.47. The van der Waals surface area contributed by atoms with Crippen LogP contribution < -0.4 is 5.32 Å². The van der Waals surface area contributed by atoms with Crippen molar-refractivity contribution in [3.8, 4) is 0 Å². The molecule has 2 saturated heterocycles. The van der Waals surface area contributed by atoms with Gasteiger partial charge >= 0.3 is 0 Å². The van der Waals surface area contributed by atoms with Gasteiger partial charge < -0.3 is 5.32 Å². The van der Waals surface area contributed by atoms with Crippen LogP contribution in [0.15, 0.2) is 35.5 Å². The molecule has 0 radical (unpaired) electrons. The van der Waals surface area contributed by atoms with E-state index in [9.17, 15) is 0 Å². The summed E-state index contributed by atoms with van der Waals surface area (Å²) < 4.78 is 2.55. The smallest absolute Gasteiger partial charge is 0.0346 e. The van der Waals surface area contributed by atoms with Crippen molar-refractivity contribution in [1.82, 2.24) is 14.6 Å². The quantitative estimate of drug-likeness (QED) is 0.859. The minimum absolute atomic E-state index is 0.847. The van der Waals surface area contributed by atoms with Gasteiger partial charge in [0, 0.05) is 41.2 Å². The van der Waals surface area contributed by atoms with E-state index >= 15 is 0 Å². The summed E-state index contributed by atoms with van der Waals surface area (Å²) in [5.41, 5.74) is 1.27. The summed E-state index contributed by atoms with van der Waals surface area (Å²) >= 11 is 1.93. The highest BCUT2D eigenvalue weighted by atomic mass is 32.2. The van der Waals surface area contributed by atoms with Crippen LogP contribution in [0.2, 0.25) is 0 Å². The van der Waals surface area contributed by atoms with E-state index in [-0.39, 0.29) is 0 Å². The summed E-state index contributed by atoms with van der Waals surface area (Å²) in [6.07, 6.45) is 3.93. The minimum atomic E-state index is 0.847. The van der Waals surface area contributed by atoms with Gasteiger partial charge in [0.1, 0.15) is 0 Å². The zero-order chi connectivity index (χ0) is 13.5. The molecule has 2 aliphatic rings. The third-order valence-corrected chi connectivity index (χ3v) is 5.61. The first-order valence-electron chi connectivity index (χ1n) is 7.28. The number of pyridine rings is 1. The highest BCUT2D eigenvalue weighted by Gasteiger charge is 2.36. The van der Waals surface area contributed by atoms with Crippen molar-refractivity contribution in [3.05, 3.63) is 36.2 Å². The highest BCUT2D eigenvalue weighted by Crippen LogP contribution is 2.37. The van der Waals surface area contributed by atoms with Crippen molar-refractivity contribution in [2.75, 3.05) is 26.2 Å². The molecule has 104 valence electrons. The van der Waals surface area contributed by atoms with Crippen molar-refractivity contribution in [3.63, 3.8) is 0 Å². The number of rotatable bonds is 2. The number of nitrogens with one attached hydrogen (secondary N) is 1. The first-order chi connectivity index (χ1) is 9.81.